The molecule has 0 radical (unpaired) electrons. The van der Waals surface area contributed by atoms with E-state index in [2.05, 4.69) is 37.8 Å². The van der Waals surface area contributed by atoms with E-state index in [1.807, 2.05) is 25.1 Å². The van der Waals surface area contributed by atoms with E-state index in [0.717, 1.165) is 30.1 Å². The fourth-order valence-corrected chi connectivity index (χ4v) is 3.51. The van der Waals surface area contributed by atoms with Crippen molar-refractivity contribution < 1.29 is 4.79 Å². The highest BCUT2D eigenvalue weighted by Crippen LogP contribution is 2.29. The molecule has 160 valence electrons. The Morgan fingerprint density at radius 1 is 1.16 bits per heavy atom. The molecule has 0 bridgehead atoms. The van der Waals surface area contributed by atoms with Crippen LogP contribution in [0.3, 0.4) is 0 Å². The zero-order chi connectivity index (χ0) is 21.8. The number of hydrogen-bond donors (Lipinski definition) is 3. The van der Waals surface area contributed by atoms with Crippen molar-refractivity contribution >= 4 is 40.8 Å². The van der Waals surface area contributed by atoms with Crippen LogP contribution in [0.5, 0.6) is 0 Å². The summed E-state index contributed by atoms with van der Waals surface area (Å²) in [6, 6.07) is 10.8. The van der Waals surface area contributed by atoms with Crippen molar-refractivity contribution in [1.82, 2.24) is 15.0 Å². The average molecular weight is 437 g/mol. The van der Waals surface area contributed by atoms with Crippen molar-refractivity contribution in [3.63, 3.8) is 0 Å². The number of nitrogens with one attached hydrogen (secondary N) is 3. The first-order valence-corrected chi connectivity index (χ1v) is 10.8. The van der Waals surface area contributed by atoms with Crippen LogP contribution < -0.4 is 16.0 Å². The summed E-state index contributed by atoms with van der Waals surface area (Å²) in [7, 11) is 0. The smallest absolute Gasteiger partial charge is 0.257 e. The number of carbonyl (C=O) groups excluding carboxylic acids is 1. The molecule has 3 aromatic rings. The molecule has 0 unspecified atom stereocenters. The SMILES string of the molecule is CCc1cc(Nc2cc(NC(=O)c3c(C)cccc3Cl)ccn2)nc(NCC2CC2)n1. The number of aromatic nitrogens is 3. The molecule has 1 aliphatic carbocycles. The molecular weight excluding hydrogens is 412 g/mol. The molecule has 4 rings (SSSR count). The van der Waals surface area contributed by atoms with Gasteiger partial charge in [0.1, 0.15) is 11.6 Å². The summed E-state index contributed by atoms with van der Waals surface area (Å²) >= 11 is 6.22. The predicted molar refractivity (Wildman–Crippen MR) is 124 cm³/mol. The Hall–Kier alpha value is -3.19. The summed E-state index contributed by atoms with van der Waals surface area (Å²) in [5.41, 5.74) is 2.83. The van der Waals surface area contributed by atoms with Gasteiger partial charge in [0.15, 0.2) is 0 Å². The van der Waals surface area contributed by atoms with Gasteiger partial charge in [0, 0.05) is 36.3 Å². The molecule has 1 saturated carbocycles. The molecule has 1 aliphatic rings. The van der Waals surface area contributed by atoms with E-state index in [1.165, 1.54) is 12.8 Å². The van der Waals surface area contributed by atoms with E-state index in [0.29, 0.717) is 33.9 Å². The fourth-order valence-electron chi connectivity index (χ4n) is 3.20. The highest BCUT2D eigenvalue weighted by molar-refractivity contribution is 6.34. The monoisotopic (exact) mass is 436 g/mol. The van der Waals surface area contributed by atoms with Crippen LogP contribution in [0.4, 0.5) is 23.3 Å². The summed E-state index contributed by atoms with van der Waals surface area (Å²) < 4.78 is 0. The van der Waals surface area contributed by atoms with E-state index in [-0.39, 0.29) is 5.91 Å². The number of aryl methyl sites for hydroxylation is 2. The van der Waals surface area contributed by atoms with Gasteiger partial charge in [-0.1, -0.05) is 30.7 Å². The normalized spacial score (nSPS) is 13.0. The summed E-state index contributed by atoms with van der Waals surface area (Å²) in [6.07, 6.45) is 4.96. The van der Waals surface area contributed by atoms with Gasteiger partial charge in [-0.15, -0.1) is 0 Å². The number of rotatable bonds is 8. The number of hydrogen-bond acceptors (Lipinski definition) is 6. The van der Waals surface area contributed by atoms with Gasteiger partial charge in [0.2, 0.25) is 5.95 Å². The number of nitrogens with zero attached hydrogens (tertiary/aromatic N) is 3. The molecule has 0 aliphatic heterocycles. The Kier molecular flexibility index (Phi) is 6.32. The fraction of sp³-hybridized carbons (Fsp3) is 0.304. The first-order chi connectivity index (χ1) is 15.0. The topological polar surface area (TPSA) is 91.8 Å². The van der Waals surface area contributed by atoms with Crippen molar-refractivity contribution in [2.24, 2.45) is 5.92 Å². The van der Waals surface area contributed by atoms with Crippen molar-refractivity contribution in [1.29, 1.82) is 0 Å². The number of halogens is 1. The molecule has 7 nitrogen and oxygen atoms in total. The second-order valence-electron chi connectivity index (χ2n) is 7.69. The van der Waals surface area contributed by atoms with E-state index in [1.54, 1.807) is 24.4 Å². The molecule has 0 saturated heterocycles. The van der Waals surface area contributed by atoms with E-state index in [4.69, 9.17) is 11.6 Å². The number of anilines is 4. The third-order valence-electron chi connectivity index (χ3n) is 5.11. The molecular formula is C23H25ClN6O. The molecule has 1 fully saturated rings. The third kappa shape index (κ3) is 5.49. The summed E-state index contributed by atoms with van der Waals surface area (Å²) in [5, 5.41) is 9.85. The van der Waals surface area contributed by atoms with E-state index >= 15 is 0 Å². The van der Waals surface area contributed by atoms with Crippen LogP contribution in [0.25, 0.3) is 0 Å². The molecule has 0 spiro atoms. The molecule has 3 N–H and O–H groups in total. The standard InChI is InChI=1S/C23H25ClN6O/c1-3-16-11-20(30-23(28-16)26-13-15-7-8-15)29-19-12-17(9-10-25-19)27-22(31)21-14(2)5-4-6-18(21)24/h4-6,9-12,15H,3,7-8,13H2,1-2H3,(H3,25,26,27,28,29,30,31). The minimum absolute atomic E-state index is 0.262. The maximum Gasteiger partial charge on any atom is 0.257 e. The largest absolute Gasteiger partial charge is 0.354 e. The number of carbonyl (C=O) groups is 1. The summed E-state index contributed by atoms with van der Waals surface area (Å²) in [5.74, 6) is 2.31. The highest BCUT2D eigenvalue weighted by atomic mass is 35.5. The Morgan fingerprint density at radius 2 is 2.00 bits per heavy atom. The molecule has 2 heterocycles. The molecule has 8 heteroatoms. The van der Waals surface area contributed by atoms with Crippen LogP contribution >= 0.6 is 11.6 Å². The van der Waals surface area contributed by atoms with Crippen LogP contribution in [0.1, 0.15) is 41.4 Å². The number of pyridine rings is 1. The van der Waals surface area contributed by atoms with Gasteiger partial charge in [-0.25, -0.2) is 9.97 Å². The van der Waals surface area contributed by atoms with Crippen molar-refractivity contribution in [3.8, 4) is 0 Å². The van der Waals surface area contributed by atoms with Crippen molar-refractivity contribution in [3.05, 3.63) is 64.4 Å². The van der Waals surface area contributed by atoms with Crippen LogP contribution in [0.15, 0.2) is 42.6 Å². The first kappa shape index (κ1) is 21.1. The number of benzene rings is 1. The van der Waals surface area contributed by atoms with Gasteiger partial charge in [-0.2, -0.15) is 4.98 Å². The lowest BCUT2D eigenvalue weighted by atomic mass is 10.1. The predicted octanol–water partition coefficient (Wildman–Crippen LogP) is 5.21. The number of amides is 1. The quantitative estimate of drug-likeness (QED) is 0.448. The van der Waals surface area contributed by atoms with Gasteiger partial charge >= 0.3 is 0 Å². The minimum atomic E-state index is -0.262. The van der Waals surface area contributed by atoms with Crippen LogP contribution in [0.2, 0.25) is 5.02 Å². The van der Waals surface area contributed by atoms with Crippen molar-refractivity contribution in [2.75, 3.05) is 22.5 Å². The Labute approximate surface area is 186 Å². The Morgan fingerprint density at radius 3 is 2.74 bits per heavy atom. The van der Waals surface area contributed by atoms with Crippen LogP contribution in [-0.2, 0) is 6.42 Å². The zero-order valence-corrected chi connectivity index (χ0v) is 18.3. The maximum atomic E-state index is 12.7. The van der Waals surface area contributed by atoms with E-state index < -0.39 is 0 Å². The Balaban J connectivity index is 1.49. The van der Waals surface area contributed by atoms with Gasteiger partial charge in [0.05, 0.1) is 10.6 Å². The average Bonchev–Trinajstić information content (AvgIpc) is 3.57. The van der Waals surface area contributed by atoms with Gasteiger partial charge in [0.25, 0.3) is 5.91 Å². The Bertz CT molecular complexity index is 1080. The second kappa shape index (κ2) is 9.31. The van der Waals surface area contributed by atoms with Crippen LogP contribution in [-0.4, -0.2) is 27.4 Å². The van der Waals surface area contributed by atoms with Gasteiger partial charge in [-0.05, 0) is 49.8 Å². The molecule has 0 atom stereocenters. The zero-order valence-electron chi connectivity index (χ0n) is 17.6. The highest BCUT2D eigenvalue weighted by Gasteiger charge is 2.21. The lowest BCUT2D eigenvalue weighted by Gasteiger charge is -2.12. The van der Waals surface area contributed by atoms with Crippen molar-refractivity contribution in [2.45, 2.75) is 33.1 Å². The van der Waals surface area contributed by atoms with Crippen LogP contribution in [0, 0.1) is 12.8 Å². The maximum absolute atomic E-state index is 12.7. The molecule has 31 heavy (non-hydrogen) atoms. The second-order valence-corrected chi connectivity index (χ2v) is 8.09. The molecule has 1 amide bonds. The minimum Gasteiger partial charge on any atom is -0.354 e. The van der Waals surface area contributed by atoms with E-state index in [9.17, 15) is 4.79 Å². The lowest BCUT2D eigenvalue weighted by Crippen LogP contribution is -2.14. The summed E-state index contributed by atoms with van der Waals surface area (Å²) in [4.78, 5) is 26.2. The van der Waals surface area contributed by atoms with Gasteiger partial charge < -0.3 is 16.0 Å². The lowest BCUT2D eigenvalue weighted by molar-refractivity contribution is 0.102. The molecule has 2 aromatic heterocycles. The third-order valence-corrected chi connectivity index (χ3v) is 5.43. The van der Waals surface area contributed by atoms with Gasteiger partial charge in [-0.3, -0.25) is 4.79 Å². The molecule has 1 aromatic carbocycles. The summed E-state index contributed by atoms with van der Waals surface area (Å²) in [6.45, 7) is 4.81. The first-order valence-electron chi connectivity index (χ1n) is 10.4.